The summed E-state index contributed by atoms with van der Waals surface area (Å²) >= 11 is 9.00. The minimum atomic E-state index is -0.462. The van der Waals surface area contributed by atoms with Crippen LogP contribution < -0.4 is 10.1 Å². The van der Waals surface area contributed by atoms with Crippen molar-refractivity contribution >= 4 is 72.1 Å². The number of halogens is 3. The number of hydrogen-bond donors (Lipinski definition) is 1. The smallest absolute Gasteiger partial charge is 0.266 e. The second-order valence-corrected chi connectivity index (χ2v) is 7.89. The highest BCUT2D eigenvalue weighted by atomic mass is 127. The summed E-state index contributed by atoms with van der Waals surface area (Å²) in [5.74, 6) is 0.166. The Labute approximate surface area is 182 Å². The lowest BCUT2D eigenvalue weighted by molar-refractivity contribution is -0.112. The average molecular weight is 588 g/mol. The molecule has 2 rings (SSSR count). The molecule has 0 atom stereocenters. The number of nitrogens with one attached hydrogen (secondary N) is 1. The van der Waals surface area contributed by atoms with E-state index in [9.17, 15) is 10.1 Å². The first-order valence-corrected chi connectivity index (χ1v) is 10.0. The van der Waals surface area contributed by atoms with Gasteiger partial charge >= 0.3 is 0 Å². The zero-order chi connectivity index (χ0) is 19.1. The zero-order valence-electron chi connectivity index (χ0n) is 13.4. The Morgan fingerprint density at radius 2 is 1.96 bits per heavy atom. The Hall–Kier alpha value is -1.63. The fraction of sp³-hybridized carbons (Fsp3) is 0.0526. The van der Waals surface area contributed by atoms with Gasteiger partial charge in [0, 0.05) is 3.57 Å². The van der Waals surface area contributed by atoms with Crippen LogP contribution >= 0.6 is 54.5 Å². The Balaban J connectivity index is 2.28. The van der Waals surface area contributed by atoms with Gasteiger partial charge in [-0.25, -0.2) is 0 Å². The van der Waals surface area contributed by atoms with Crippen molar-refractivity contribution in [3.05, 3.63) is 72.7 Å². The number of benzene rings is 2. The van der Waals surface area contributed by atoms with Crippen LogP contribution in [0.1, 0.15) is 5.56 Å². The Morgan fingerprint density at radius 1 is 1.31 bits per heavy atom. The van der Waals surface area contributed by atoms with Gasteiger partial charge in [-0.3, -0.25) is 4.79 Å². The molecule has 0 saturated heterocycles. The largest absolute Gasteiger partial charge is 0.487 e. The van der Waals surface area contributed by atoms with Crippen LogP contribution in [-0.2, 0) is 4.79 Å². The Bertz CT molecular complexity index is 897. The van der Waals surface area contributed by atoms with Crippen molar-refractivity contribution in [2.75, 3.05) is 11.9 Å². The van der Waals surface area contributed by atoms with E-state index in [0.717, 1.165) is 3.57 Å². The predicted octanol–water partition coefficient (Wildman–Crippen LogP) is 5.93. The van der Waals surface area contributed by atoms with Crippen molar-refractivity contribution < 1.29 is 9.53 Å². The molecular weight excluding hydrogens is 575 g/mol. The maximum Gasteiger partial charge on any atom is 0.266 e. The van der Waals surface area contributed by atoms with Crippen LogP contribution in [0.4, 0.5) is 5.69 Å². The van der Waals surface area contributed by atoms with Crippen molar-refractivity contribution in [1.82, 2.24) is 0 Å². The second-order valence-electron chi connectivity index (χ2n) is 5.02. The number of carbonyl (C=O) groups excluding carboxylic acids is 1. The lowest BCUT2D eigenvalue weighted by Gasteiger charge is -2.10. The van der Waals surface area contributed by atoms with Crippen LogP contribution in [0.2, 0.25) is 0 Å². The number of para-hydroxylation sites is 1. The van der Waals surface area contributed by atoms with Gasteiger partial charge in [0.1, 0.15) is 24.0 Å². The zero-order valence-corrected chi connectivity index (χ0v) is 18.8. The molecule has 2 aromatic rings. The third-order valence-corrected chi connectivity index (χ3v) is 5.28. The van der Waals surface area contributed by atoms with Gasteiger partial charge in [-0.15, -0.1) is 0 Å². The number of rotatable bonds is 6. The molecule has 0 bridgehead atoms. The lowest BCUT2D eigenvalue weighted by atomic mass is 10.1. The standard InChI is InChI=1S/C19H13Br2IN2O2/c1-2-7-26-18-14(20)9-12(10-15(18)21)8-13(11-23)19(25)24-17-6-4-3-5-16(17)22/h2-6,8-10H,1,7H2,(H,24,25). The van der Waals surface area contributed by atoms with Crippen LogP contribution in [0.25, 0.3) is 6.08 Å². The molecule has 0 spiro atoms. The molecule has 26 heavy (non-hydrogen) atoms. The number of ether oxygens (including phenoxy) is 1. The summed E-state index contributed by atoms with van der Waals surface area (Å²) in [5.41, 5.74) is 1.35. The molecule has 0 saturated carbocycles. The first kappa shape index (κ1) is 20.7. The third-order valence-electron chi connectivity index (χ3n) is 3.16. The summed E-state index contributed by atoms with van der Waals surface area (Å²) in [6.07, 6.45) is 3.17. The van der Waals surface area contributed by atoms with E-state index < -0.39 is 5.91 Å². The topological polar surface area (TPSA) is 62.1 Å². The van der Waals surface area contributed by atoms with Crippen LogP contribution in [0, 0.1) is 14.9 Å². The summed E-state index contributed by atoms with van der Waals surface area (Å²) in [4.78, 5) is 12.4. The number of carbonyl (C=O) groups is 1. The number of nitrogens with zero attached hydrogens (tertiary/aromatic N) is 1. The Morgan fingerprint density at radius 3 is 2.54 bits per heavy atom. The van der Waals surface area contributed by atoms with Gasteiger partial charge in [-0.05, 0) is 90.4 Å². The molecule has 0 aliphatic rings. The van der Waals surface area contributed by atoms with Crippen molar-refractivity contribution in [3.63, 3.8) is 0 Å². The van der Waals surface area contributed by atoms with Crippen molar-refractivity contribution in [3.8, 4) is 11.8 Å². The van der Waals surface area contributed by atoms with Gasteiger partial charge in [-0.2, -0.15) is 5.26 Å². The first-order valence-electron chi connectivity index (χ1n) is 7.36. The van der Waals surface area contributed by atoms with Gasteiger partial charge in [-0.1, -0.05) is 24.8 Å². The summed E-state index contributed by atoms with van der Waals surface area (Å²) in [6, 6.07) is 12.9. The van der Waals surface area contributed by atoms with Gasteiger partial charge in [0.2, 0.25) is 0 Å². The second kappa shape index (κ2) is 9.90. The lowest BCUT2D eigenvalue weighted by Crippen LogP contribution is -2.14. The van der Waals surface area contributed by atoms with E-state index in [1.807, 2.05) is 24.3 Å². The monoisotopic (exact) mass is 586 g/mol. The number of nitriles is 1. The molecule has 0 aliphatic heterocycles. The molecule has 0 unspecified atom stereocenters. The van der Waals surface area contributed by atoms with E-state index >= 15 is 0 Å². The van der Waals surface area contributed by atoms with E-state index in [4.69, 9.17) is 4.74 Å². The highest BCUT2D eigenvalue weighted by molar-refractivity contribution is 14.1. The number of hydrogen-bond acceptors (Lipinski definition) is 3. The van der Waals surface area contributed by atoms with E-state index in [2.05, 4.69) is 66.3 Å². The normalized spacial score (nSPS) is 10.8. The Kier molecular flexibility index (Phi) is 7.87. The highest BCUT2D eigenvalue weighted by Crippen LogP contribution is 2.35. The highest BCUT2D eigenvalue weighted by Gasteiger charge is 2.13. The van der Waals surface area contributed by atoms with Crippen LogP contribution in [-0.4, -0.2) is 12.5 Å². The average Bonchev–Trinajstić information content (AvgIpc) is 2.61. The molecule has 0 radical (unpaired) electrons. The molecule has 4 nitrogen and oxygen atoms in total. The van der Waals surface area contributed by atoms with Gasteiger partial charge < -0.3 is 10.1 Å². The molecule has 1 N–H and O–H groups in total. The quantitative estimate of drug-likeness (QED) is 0.197. The van der Waals surface area contributed by atoms with Crippen molar-refractivity contribution in [2.45, 2.75) is 0 Å². The maximum atomic E-state index is 12.4. The molecule has 0 fully saturated rings. The van der Waals surface area contributed by atoms with Crippen LogP contribution in [0.5, 0.6) is 5.75 Å². The molecular formula is C19H13Br2IN2O2. The fourth-order valence-electron chi connectivity index (χ4n) is 2.01. The van der Waals surface area contributed by atoms with Crippen molar-refractivity contribution in [1.29, 1.82) is 5.26 Å². The third kappa shape index (κ3) is 5.43. The van der Waals surface area contributed by atoms with E-state index in [1.165, 1.54) is 6.08 Å². The molecule has 2 aromatic carbocycles. The number of anilines is 1. The molecule has 132 valence electrons. The molecule has 1 amide bonds. The maximum absolute atomic E-state index is 12.4. The summed E-state index contributed by atoms with van der Waals surface area (Å²) in [7, 11) is 0. The van der Waals surface area contributed by atoms with E-state index in [1.54, 1.807) is 24.3 Å². The SMILES string of the molecule is C=CCOc1c(Br)cc(C=C(C#N)C(=O)Nc2ccccc2I)cc1Br. The molecule has 0 aromatic heterocycles. The summed E-state index contributed by atoms with van der Waals surface area (Å²) in [5, 5.41) is 12.1. The van der Waals surface area contributed by atoms with Gasteiger partial charge in [0.25, 0.3) is 5.91 Å². The van der Waals surface area contributed by atoms with Gasteiger partial charge in [0.05, 0.1) is 14.6 Å². The van der Waals surface area contributed by atoms with E-state index in [-0.39, 0.29) is 5.57 Å². The molecule has 7 heteroatoms. The predicted molar refractivity (Wildman–Crippen MR) is 119 cm³/mol. The first-order chi connectivity index (χ1) is 12.5. The fourth-order valence-corrected chi connectivity index (χ4v) is 3.98. The minimum absolute atomic E-state index is 0.00297. The summed E-state index contributed by atoms with van der Waals surface area (Å²) < 4.78 is 7.87. The minimum Gasteiger partial charge on any atom is -0.487 e. The van der Waals surface area contributed by atoms with Gasteiger partial charge in [0.15, 0.2) is 0 Å². The van der Waals surface area contributed by atoms with E-state index in [0.29, 0.717) is 32.6 Å². The molecule has 0 aliphatic carbocycles. The van der Waals surface area contributed by atoms with Crippen molar-refractivity contribution in [2.24, 2.45) is 0 Å². The van der Waals surface area contributed by atoms with Crippen LogP contribution in [0.15, 0.2) is 63.6 Å². The summed E-state index contributed by atoms with van der Waals surface area (Å²) in [6.45, 7) is 3.99. The molecule has 0 heterocycles. The van der Waals surface area contributed by atoms with Crippen LogP contribution in [0.3, 0.4) is 0 Å². The number of amides is 1.